The van der Waals surface area contributed by atoms with E-state index in [1.807, 2.05) is 25.1 Å². The van der Waals surface area contributed by atoms with Crippen molar-refractivity contribution in [2.24, 2.45) is 0 Å². The molecule has 0 fully saturated rings. The van der Waals surface area contributed by atoms with Gasteiger partial charge in [-0.3, -0.25) is 0 Å². The minimum Gasteiger partial charge on any atom is -0.494 e. The molecule has 1 aromatic heterocycles. The molecule has 0 saturated heterocycles. The predicted molar refractivity (Wildman–Crippen MR) is 104 cm³/mol. The van der Waals surface area contributed by atoms with E-state index >= 15 is 0 Å². The number of quaternary nitrogens is 1. The lowest BCUT2D eigenvalue weighted by molar-refractivity contribution is -0.907. The standard InChI is InChI=1S/C22H25NO3/c1-4-16-8-11-20-18(13-22(24)26-21(20)12-16)15-23(3)14-17-6-9-19(10-7-17)25-5-2/h6-13H,4-5,14-15H2,1-3H3/p+1. The van der Waals surface area contributed by atoms with Gasteiger partial charge in [-0.2, -0.15) is 0 Å². The fourth-order valence-corrected chi connectivity index (χ4v) is 3.25. The minimum absolute atomic E-state index is 0.283. The van der Waals surface area contributed by atoms with Crippen LogP contribution in [0.2, 0.25) is 0 Å². The number of hydrogen-bond acceptors (Lipinski definition) is 3. The number of benzene rings is 2. The van der Waals surface area contributed by atoms with Gasteiger partial charge in [0, 0.05) is 22.6 Å². The molecule has 3 rings (SSSR count). The summed E-state index contributed by atoms with van der Waals surface area (Å²) in [7, 11) is 2.14. The summed E-state index contributed by atoms with van der Waals surface area (Å²) in [6.45, 7) is 6.39. The Kier molecular flexibility index (Phi) is 5.74. The molecule has 4 nitrogen and oxygen atoms in total. The highest BCUT2D eigenvalue weighted by molar-refractivity contribution is 5.80. The van der Waals surface area contributed by atoms with Gasteiger partial charge in [-0.05, 0) is 49.2 Å². The Morgan fingerprint density at radius 3 is 2.38 bits per heavy atom. The van der Waals surface area contributed by atoms with Crippen LogP contribution >= 0.6 is 0 Å². The fraction of sp³-hybridized carbons (Fsp3) is 0.318. The van der Waals surface area contributed by atoms with Gasteiger partial charge in [-0.25, -0.2) is 4.79 Å². The molecule has 3 aromatic rings. The second kappa shape index (κ2) is 8.19. The van der Waals surface area contributed by atoms with Crippen molar-refractivity contribution in [1.82, 2.24) is 0 Å². The maximum atomic E-state index is 12.0. The molecule has 0 radical (unpaired) electrons. The summed E-state index contributed by atoms with van der Waals surface area (Å²) in [5, 5.41) is 1.02. The molecular weight excluding hydrogens is 326 g/mol. The largest absolute Gasteiger partial charge is 0.494 e. The third kappa shape index (κ3) is 4.33. The Labute approximate surface area is 154 Å². The first-order valence-corrected chi connectivity index (χ1v) is 9.17. The van der Waals surface area contributed by atoms with Crippen molar-refractivity contribution >= 4 is 11.0 Å². The minimum atomic E-state index is -0.283. The Balaban J connectivity index is 1.78. The summed E-state index contributed by atoms with van der Waals surface area (Å²) >= 11 is 0. The van der Waals surface area contributed by atoms with Crippen molar-refractivity contribution < 1.29 is 14.1 Å². The lowest BCUT2D eigenvalue weighted by Crippen LogP contribution is -3.06. The number of hydrogen-bond donors (Lipinski definition) is 1. The molecular formula is C22H26NO3+. The van der Waals surface area contributed by atoms with E-state index in [0.717, 1.165) is 36.2 Å². The summed E-state index contributed by atoms with van der Waals surface area (Å²) in [5.74, 6) is 0.896. The van der Waals surface area contributed by atoms with Crippen LogP contribution in [0, 0.1) is 0 Å². The zero-order chi connectivity index (χ0) is 18.5. The molecule has 1 atom stereocenters. The molecule has 1 unspecified atom stereocenters. The molecule has 2 aromatic carbocycles. The quantitative estimate of drug-likeness (QED) is 0.665. The van der Waals surface area contributed by atoms with Crippen LogP contribution in [0.4, 0.5) is 0 Å². The Hall–Kier alpha value is -2.59. The zero-order valence-corrected chi connectivity index (χ0v) is 15.7. The van der Waals surface area contributed by atoms with Gasteiger partial charge in [0.15, 0.2) is 0 Å². The molecule has 1 N–H and O–H groups in total. The van der Waals surface area contributed by atoms with Crippen molar-refractivity contribution in [1.29, 1.82) is 0 Å². The molecule has 4 heteroatoms. The van der Waals surface area contributed by atoms with Gasteiger partial charge < -0.3 is 14.1 Å². The van der Waals surface area contributed by atoms with Crippen molar-refractivity contribution in [3.8, 4) is 5.75 Å². The maximum absolute atomic E-state index is 12.0. The van der Waals surface area contributed by atoms with Crippen LogP contribution in [0.5, 0.6) is 5.75 Å². The third-order valence-electron chi connectivity index (χ3n) is 4.54. The molecule has 0 aliphatic carbocycles. The third-order valence-corrected chi connectivity index (χ3v) is 4.54. The molecule has 0 aliphatic rings. The number of ether oxygens (including phenoxy) is 1. The first-order chi connectivity index (χ1) is 12.6. The number of aryl methyl sites for hydroxylation is 1. The summed E-state index contributed by atoms with van der Waals surface area (Å²) in [5.41, 5.74) is 3.84. The maximum Gasteiger partial charge on any atom is 0.336 e. The van der Waals surface area contributed by atoms with Crippen molar-refractivity contribution in [3.05, 3.63) is 75.6 Å². The van der Waals surface area contributed by atoms with Gasteiger partial charge in [-0.15, -0.1) is 0 Å². The Morgan fingerprint density at radius 1 is 0.962 bits per heavy atom. The number of nitrogens with one attached hydrogen (secondary N) is 1. The van der Waals surface area contributed by atoms with E-state index in [9.17, 15) is 4.79 Å². The lowest BCUT2D eigenvalue weighted by atomic mass is 10.1. The van der Waals surface area contributed by atoms with Crippen molar-refractivity contribution in [2.75, 3.05) is 13.7 Å². The SMILES string of the molecule is CCOc1ccc(C[NH+](C)Cc2cc(=O)oc3cc(CC)ccc23)cc1. The second-order valence-electron chi connectivity index (χ2n) is 6.66. The van der Waals surface area contributed by atoms with Gasteiger partial charge in [0.25, 0.3) is 0 Å². The van der Waals surface area contributed by atoms with E-state index in [-0.39, 0.29) is 5.63 Å². The van der Waals surface area contributed by atoms with Gasteiger partial charge in [0.05, 0.1) is 13.7 Å². The van der Waals surface area contributed by atoms with Crippen LogP contribution < -0.4 is 15.3 Å². The lowest BCUT2D eigenvalue weighted by Gasteiger charge is -2.15. The van der Waals surface area contributed by atoms with Crippen LogP contribution in [0.25, 0.3) is 11.0 Å². The number of rotatable bonds is 7. The monoisotopic (exact) mass is 352 g/mol. The number of fused-ring (bicyclic) bond motifs is 1. The Bertz CT molecular complexity index is 928. The van der Waals surface area contributed by atoms with Gasteiger partial charge in [-0.1, -0.05) is 19.1 Å². The topological polar surface area (TPSA) is 43.9 Å². The van der Waals surface area contributed by atoms with E-state index in [1.165, 1.54) is 16.0 Å². The van der Waals surface area contributed by atoms with E-state index in [2.05, 4.69) is 38.2 Å². The Morgan fingerprint density at radius 2 is 1.69 bits per heavy atom. The molecule has 0 aliphatic heterocycles. The van der Waals surface area contributed by atoms with Crippen LogP contribution in [0.1, 0.15) is 30.5 Å². The molecule has 0 saturated carbocycles. The average molecular weight is 352 g/mol. The fourth-order valence-electron chi connectivity index (χ4n) is 3.25. The van der Waals surface area contributed by atoms with Crippen LogP contribution in [0.3, 0.4) is 0 Å². The summed E-state index contributed by atoms with van der Waals surface area (Å²) in [6.07, 6.45) is 0.923. The summed E-state index contributed by atoms with van der Waals surface area (Å²) in [6, 6.07) is 16.0. The summed E-state index contributed by atoms with van der Waals surface area (Å²) < 4.78 is 10.9. The predicted octanol–water partition coefficient (Wildman–Crippen LogP) is 2.97. The molecule has 0 spiro atoms. The molecule has 26 heavy (non-hydrogen) atoms. The molecule has 1 heterocycles. The van der Waals surface area contributed by atoms with Gasteiger partial charge in [0.1, 0.15) is 24.4 Å². The molecule has 136 valence electrons. The van der Waals surface area contributed by atoms with E-state index in [0.29, 0.717) is 12.2 Å². The highest BCUT2D eigenvalue weighted by Gasteiger charge is 2.12. The zero-order valence-electron chi connectivity index (χ0n) is 15.7. The highest BCUT2D eigenvalue weighted by atomic mass is 16.5. The van der Waals surface area contributed by atoms with Crippen molar-refractivity contribution in [3.63, 3.8) is 0 Å². The smallest absolute Gasteiger partial charge is 0.336 e. The van der Waals surface area contributed by atoms with E-state index in [1.54, 1.807) is 6.07 Å². The van der Waals surface area contributed by atoms with Crippen molar-refractivity contribution in [2.45, 2.75) is 33.4 Å². The first kappa shape index (κ1) is 18.2. The van der Waals surface area contributed by atoms with Crippen LogP contribution in [0.15, 0.2) is 57.7 Å². The molecule has 0 amide bonds. The van der Waals surface area contributed by atoms with E-state index in [4.69, 9.17) is 9.15 Å². The second-order valence-corrected chi connectivity index (χ2v) is 6.66. The molecule has 0 bridgehead atoms. The average Bonchev–Trinajstić information content (AvgIpc) is 2.62. The van der Waals surface area contributed by atoms with Crippen LogP contribution in [-0.2, 0) is 19.5 Å². The van der Waals surface area contributed by atoms with Crippen LogP contribution in [-0.4, -0.2) is 13.7 Å². The normalized spacial score (nSPS) is 12.3. The van der Waals surface area contributed by atoms with Gasteiger partial charge >= 0.3 is 5.63 Å². The first-order valence-electron chi connectivity index (χ1n) is 9.17. The summed E-state index contributed by atoms with van der Waals surface area (Å²) in [4.78, 5) is 13.3. The highest BCUT2D eigenvalue weighted by Crippen LogP contribution is 2.18. The van der Waals surface area contributed by atoms with Gasteiger partial charge in [0.2, 0.25) is 0 Å². The van der Waals surface area contributed by atoms with E-state index < -0.39 is 0 Å².